The minimum Gasteiger partial charge on any atom is -0.507 e. The summed E-state index contributed by atoms with van der Waals surface area (Å²) in [5.41, 5.74) is 15.1. The predicted molar refractivity (Wildman–Crippen MR) is 254 cm³/mol. The third-order valence-electron chi connectivity index (χ3n) is 11.6. The molecule has 0 fully saturated rings. The van der Waals surface area contributed by atoms with Crippen molar-refractivity contribution in [2.45, 2.75) is 59.7 Å². The molecule has 0 bridgehead atoms. The molecular formula is C57H50N3OPt-. The molecule has 0 unspecified atom stereocenters. The second-order valence-electron chi connectivity index (χ2n) is 17.3. The van der Waals surface area contributed by atoms with Gasteiger partial charge in [-0.3, -0.25) is 9.55 Å². The fraction of sp³-hybridized carbons (Fsp3) is 0.158. The van der Waals surface area contributed by atoms with Crippen LogP contribution in [0.25, 0.3) is 83.9 Å². The summed E-state index contributed by atoms with van der Waals surface area (Å²) in [5, 5.41) is 11.4. The second-order valence-corrected chi connectivity index (χ2v) is 17.3. The van der Waals surface area contributed by atoms with Gasteiger partial charge in [0, 0.05) is 37.1 Å². The van der Waals surface area contributed by atoms with E-state index in [0.717, 1.165) is 55.8 Å². The van der Waals surface area contributed by atoms with E-state index in [1.54, 1.807) is 18.2 Å². The molecule has 7 aromatic carbocycles. The van der Waals surface area contributed by atoms with Gasteiger partial charge >= 0.3 is 0 Å². The number of imidazole rings is 1. The molecule has 0 amide bonds. The summed E-state index contributed by atoms with van der Waals surface area (Å²) < 4.78 is 28.8. The van der Waals surface area contributed by atoms with Crippen molar-refractivity contribution in [3.05, 3.63) is 192 Å². The van der Waals surface area contributed by atoms with Gasteiger partial charge in [-0.05, 0) is 106 Å². The first-order valence-electron chi connectivity index (χ1n) is 22.4. The summed E-state index contributed by atoms with van der Waals surface area (Å²) in [6, 6.07) is 56.1. The van der Waals surface area contributed by atoms with Crippen LogP contribution in [-0.4, -0.2) is 19.6 Å². The summed E-state index contributed by atoms with van der Waals surface area (Å²) in [7, 11) is 0. The molecular weight excluding hydrogens is 938 g/mol. The molecule has 0 spiro atoms. The Morgan fingerprint density at radius 1 is 0.645 bits per heavy atom. The summed E-state index contributed by atoms with van der Waals surface area (Å²) in [6.07, 6.45) is 1.84. The van der Waals surface area contributed by atoms with Gasteiger partial charge in [0.15, 0.2) is 0 Å². The van der Waals surface area contributed by atoms with Crippen LogP contribution in [0.5, 0.6) is 5.75 Å². The van der Waals surface area contributed by atoms with E-state index in [1.165, 1.54) is 16.7 Å². The van der Waals surface area contributed by atoms with E-state index in [2.05, 4.69) is 120 Å². The standard InChI is InChI=1S/C57H50N3O.Pt/c1-36(2)43-29-45(34-48(33-43)57(5,6)7)41-24-25-52(38(4)28-41)60-53-18-13-17-49(55(53)59-56(60)50-16-11-12-19-54(50)61)46-30-44(39-14-9-8-10-15-39)31-47(32-46)51-35-42(26-27-58-51)40-22-20-37(3)21-23-40;/h8-31,33-36,61H,1-7H3;/q-1;/i4D3;. The Hall–Kier alpha value is -6.35. The van der Waals surface area contributed by atoms with E-state index in [0.29, 0.717) is 28.1 Å². The van der Waals surface area contributed by atoms with Crippen LogP contribution in [-0.2, 0) is 26.5 Å². The number of rotatable bonds is 8. The SMILES string of the molecule is [2H]C([2H])([2H])c1cc(-c2cc(C(C)C)cc(C(C)(C)C)c2)ccc1-n1c(-c2ccccc2O)nc2c(-c3[c-]c(-c4cc(-c5ccc(C)cc5)ccn4)cc(-c4ccccc4)c3)cccc21.[Pt]. The number of aromatic nitrogens is 3. The smallest absolute Gasteiger partial charge is 0.148 e. The van der Waals surface area contributed by atoms with Gasteiger partial charge in [0.05, 0.1) is 22.3 Å². The zero-order valence-electron chi connectivity index (χ0n) is 38.8. The fourth-order valence-corrected chi connectivity index (χ4v) is 8.05. The van der Waals surface area contributed by atoms with Gasteiger partial charge < -0.3 is 5.11 Å². The van der Waals surface area contributed by atoms with E-state index < -0.39 is 6.85 Å². The van der Waals surface area contributed by atoms with Crippen molar-refractivity contribution in [1.29, 1.82) is 0 Å². The van der Waals surface area contributed by atoms with Gasteiger partial charge in [0.1, 0.15) is 11.6 Å². The minimum atomic E-state index is -2.50. The first kappa shape index (κ1) is 38.6. The van der Waals surface area contributed by atoms with Crippen LogP contribution in [0.3, 0.4) is 0 Å². The van der Waals surface area contributed by atoms with Crippen LogP contribution in [0.1, 0.15) is 66.9 Å². The second kappa shape index (κ2) is 17.2. The van der Waals surface area contributed by atoms with E-state index in [-0.39, 0.29) is 43.7 Å². The number of hydrogen-bond acceptors (Lipinski definition) is 3. The maximum atomic E-state index is 11.4. The molecule has 1 N–H and O–H groups in total. The molecule has 310 valence electrons. The molecule has 4 nitrogen and oxygen atoms in total. The zero-order chi connectivity index (χ0) is 44.9. The molecule has 62 heavy (non-hydrogen) atoms. The number of hydrogen-bond donors (Lipinski definition) is 1. The van der Waals surface area contributed by atoms with Gasteiger partial charge in [0.25, 0.3) is 0 Å². The van der Waals surface area contributed by atoms with Gasteiger partial charge in [-0.25, -0.2) is 4.98 Å². The normalized spacial score (nSPS) is 12.5. The number of para-hydroxylation sites is 2. The van der Waals surface area contributed by atoms with Gasteiger partial charge in [-0.2, -0.15) is 0 Å². The molecule has 5 heteroatoms. The molecule has 9 rings (SSSR count). The number of aryl methyl sites for hydroxylation is 2. The average molecular weight is 991 g/mol. The third-order valence-corrected chi connectivity index (χ3v) is 11.6. The molecule has 2 heterocycles. The molecule has 0 aliphatic carbocycles. The Balaban J connectivity index is 0.00000576. The van der Waals surface area contributed by atoms with Crippen molar-refractivity contribution in [3.8, 4) is 78.6 Å². The van der Waals surface area contributed by atoms with Crippen molar-refractivity contribution >= 4 is 11.0 Å². The monoisotopic (exact) mass is 990 g/mol. The predicted octanol–water partition coefficient (Wildman–Crippen LogP) is 15.0. The Labute approximate surface area is 384 Å². The summed E-state index contributed by atoms with van der Waals surface area (Å²) in [6.45, 7) is 10.5. The molecule has 9 aromatic rings. The maximum absolute atomic E-state index is 11.4. The first-order valence-corrected chi connectivity index (χ1v) is 20.9. The average Bonchev–Trinajstić information content (AvgIpc) is 3.68. The van der Waals surface area contributed by atoms with Gasteiger partial charge in [-0.1, -0.05) is 166 Å². The number of benzene rings is 7. The Morgan fingerprint density at radius 2 is 1.32 bits per heavy atom. The van der Waals surface area contributed by atoms with E-state index in [9.17, 15) is 5.11 Å². The summed E-state index contributed by atoms with van der Waals surface area (Å²) in [5.74, 6) is 0.742. The third kappa shape index (κ3) is 8.33. The first-order chi connectivity index (χ1) is 30.6. The number of nitrogens with zero attached hydrogens (tertiary/aromatic N) is 3. The van der Waals surface area contributed by atoms with E-state index in [1.807, 2.05) is 77.5 Å². The summed E-state index contributed by atoms with van der Waals surface area (Å²) in [4.78, 5) is 10.2. The van der Waals surface area contributed by atoms with Crippen LogP contribution in [0, 0.1) is 19.8 Å². The molecule has 0 atom stereocenters. The maximum Gasteiger partial charge on any atom is 0.148 e. The van der Waals surface area contributed by atoms with Crippen LogP contribution < -0.4 is 0 Å². The van der Waals surface area contributed by atoms with Crippen molar-refractivity contribution in [2.24, 2.45) is 0 Å². The Bertz CT molecular complexity index is 3180. The Morgan fingerprint density at radius 3 is 2.06 bits per heavy atom. The topological polar surface area (TPSA) is 50.9 Å². The van der Waals surface area contributed by atoms with Gasteiger partial charge in [0.2, 0.25) is 0 Å². The zero-order valence-corrected chi connectivity index (χ0v) is 38.0. The summed E-state index contributed by atoms with van der Waals surface area (Å²) >= 11 is 0. The van der Waals surface area contributed by atoms with Crippen molar-refractivity contribution in [2.75, 3.05) is 0 Å². The van der Waals surface area contributed by atoms with E-state index >= 15 is 0 Å². The number of phenolic OH excluding ortho intramolecular Hbond substituents is 1. The molecule has 0 saturated carbocycles. The number of aromatic hydroxyl groups is 1. The number of pyridine rings is 1. The Kier molecular flexibility index (Phi) is 10.7. The van der Waals surface area contributed by atoms with Crippen LogP contribution >= 0.6 is 0 Å². The van der Waals surface area contributed by atoms with Gasteiger partial charge in [-0.15, -0.1) is 23.8 Å². The fourth-order valence-electron chi connectivity index (χ4n) is 8.05. The molecule has 0 aliphatic rings. The largest absolute Gasteiger partial charge is 0.507 e. The minimum absolute atomic E-state index is 0. The molecule has 2 aromatic heterocycles. The quantitative estimate of drug-likeness (QED) is 0.154. The number of phenols is 1. The van der Waals surface area contributed by atoms with Crippen LogP contribution in [0.15, 0.2) is 164 Å². The number of fused-ring (bicyclic) bond motifs is 1. The molecule has 0 radical (unpaired) electrons. The van der Waals surface area contributed by atoms with Crippen molar-refractivity contribution in [1.82, 2.24) is 14.5 Å². The van der Waals surface area contributed by atoms with Crippen LogP contribution in [0.4, 0.5) is 0 Å². The molecule has 0 aliphatic heterocycles. The van der Waals surface area contributed by atoms with E-state index in [4.69, 9.17) is 14.1 Å². The molecule has 0 saturated heterocycles. The van der Waals surface area contributed by atoms with Crippen LogP contribution in [0.2, 0.25) is 0 Å². The van der Waals surface area contributed by atoms with Crippen molar-refractivity contribution in [3.63, 3.8) is 0 Å². The van der Waals surface area contributed by atoms with Crippen molar-refractivity contribution < 1.29 is 30.3 Å².